The van der Waals surface area contributed by atoms with Crippen LogP contribution >= 0.6 is 11.6 Å². The van der Waals surface area contributed by atoms with E-state index in [0.29, 0.717) is 69.9 Å². The van der Waals surface area contributed by atoms with Gasteiger partial charge in [0.2, 0.25) is 0 Å². The Labute approximate surface area is 215 Å². The Kier molecular flexibility index (Phi) is 8.09. The minimum absolute atomic E-state index is 0.0487. The molecule has 13 heteroatoms. The van der Waals surface area contributed by atoms with Gasteiger partial charge in [-0.1, -0.05) is 17.7 Å². The minimum atomic E-state index is -5.74. The highest BCUT2D eigenvalue weighted by Gasteiger charge is 2.60. The van der Waals surface area contributed by atoms with Gasteiger partial charge < -0.3 is 14.5 Å². The number of hydrogen-bond donors (Lipinski definition) is 0. The van der Waals surface area contributed by atoms with E-state index in [0.717, 1.165) is 16.2 Å². The molecule has 37 heavy (non-hydrogen) atoms. The zero-order valence-electron chi connectivity index (χ0n) is 20.1. The van der Waals surface area contributed by atoms with E-state index < -0.39 is 30.7 Å². The number of amides is 1. The maximum absolute atomic E-state index is 13.6. The Hall–Kier alpha value is -1.95. The van der Waals surface area contributed by atoms with Crippen molar-refractivity contribution in [2.45, 2.75) is 63.3 Å². The highest BCUT2D eigenvalue weighted by molar-refractivity contribution is 6.30. The van der Waals surface area contributed by atoms with Gasteiger partial charge in [-0.25, -0.2) is 9.18 Å². The van der Waals surface area contributed by atoms with E-state index in [1.165, 1.54) is 0 Å². The molecule has 0 bridgehead atoms. The molecular formula is C24H29ClF7N3O2. The molecule has 0 N–H and O–H groups in total. The van der Waals surface area contributed by atoms with Crippen LogP contribution in [-0.4, -0.2) is 79.8 Å². The Morgan fingerprint density at radius 3 is 2.19 bits per heavy atom. The summed E-state index contributed by atoms with van der Waals surface area (Å²) in [4.78, 5) is 17.5. The minimum Gasteiger partial charge on any atom is -0.426 e. The standard InChI is InChI=1S/C24H29ClF7N3O2/c25-17-2-1-16(19(13-17)34-8-3-18(26)4-9-34)14-33-10-5-22(6-11-33)7-12-35(15-22)21(36)37-20(23(27,28)29)24(30,31)32/h1-2,13,18,20H,3-12,14-15H2. The monoisotopic (exact) mass is 559 g/mol. The summed E-state index contributed by atoms with van der Waals surface area (Å²) in [5.74, 6) is 0. The van der Waals surface area contributed by atoms with Crippen molar-refractivity contribution in [3.63, 3.8) is 0 Å². The molecule has 3 fully saturated rings. The smallest absolute Gasteiger partial charge is 0.426 e. The molecule has 3 aliphatic heterocycles. The van der Waals surface area contributed by atoms with Gasteiger partial charge in [0, 0.05) is 43.4 Å². The molecule has 3 heterocycles. The number of likely N-dealkylation sites (tertiary alicyclic amines) is 2. The molecule has 0 unspecified atom stereocenters. The first-order chi connectivity index (χ1) is 17.3. The maximum atomic E-state index is 13.6. The SMILES string of the molecule is O=C(OC(C(F)(F)F)C(F)(F)F)N1CCC2(CCN(Cc3ccc(Cl)cc3N3CCC(F)CC3)CC2)C1. The molecule has 1 aromatic rings. The molecule has 0 aliphatic carbocycles. The van der Waals surface area contributed by atoms with E-state index in [4.69, 9.17) is 11.6 Å². The van der Waals surface area contributed by atoms with Crippen LogP contribution in [0.25, 0.3) is 0 Å². The maximum Gasteiger partial charge on any atom is 0.434 e. The molecule has 4 rings (SSSR count). The van der Waals surface area contributed by atoms with Crippen molar-refractivity contribution >= 4 is 23.4 Å². The van der Waals surface area contributed by atoms with Crippen LogP contribution in [0, 0.1) is 5.41 Å². The van der Waals surface area contributed by atoms with Crippen molar-refractivity contribution in [3.8, 4) is 0 Å². The van der Waals surface area contributed by atoms with Gasteiger partial charge in [-0.2, -0.15) is 26.3 Å². The molecule has 3 aliphatic rings. The van der Waals surface area contributed by atoms with Crippen molar-refractivity contribution in [1.82, 2.24) is 9.80 Å². The number of hydrogen-bond acceptors (Lipinski definition) is 4. The molecule has 1 aromatic carbocycles. The number of piperidine rings is 2. The number of anilines is 1. The van der Waals surface area contributed by atoms with Crippen LogP contribution < -0.4 is 4.90 Å². The zero-order chi connectivity index (χ0) is 27.0. The van der Waals surface area contributed by atoms with Crippen molar-refractivity contribution in [3.05, 3.63) is 28.8 Å². The summed E-state index contributed by atoms with van der Waals surface area (Å²) in [6, 6.07) is 5.65. The highest BCUT2D eigenvalue weighted by Crippen LogP contribution is 2.42. The Bertz CT molecular complexity index is 945. The van der Waals surface area contributed by atoms with Gasteiger partial charge in [-0.3, -0.25) is 4.90 Å². The summed E-state index contributed by atoms with van der Waals surface area (Å²) in [5, 5.41) is 0.593. The van der Waals surface area contributed by atoms with Crippen LogP contribution in [0.1, 0.15) is 37.7 Å². The van der Waals surface area contributed by atoms with Crippen molar-refractivity contribution in [2.24, 2.45) is 5.41 Å². The summed E-state index contributed by atoms with van der Waals surface area (Å²) in [6.07, 6.45) is -15.3. The number of halogens is 8. The van der Waals surface area contributed by atoms with E-state index >= 15 is 0 Å². The van der Waals surface area contributed by atoms with Crippen molar-refractivity contribution < 1.29 is 40.3 Å². The second kappa shape index (κ2) is 10.7. The highest BCUT2D eigenvalue weighted by atomic mass is 35.5. The predicted molar refractivity (Wildman–Crippen MR) is 123 cm³/mol. The number of nitrogens with zero attached hydrogens (tertiary/aromatic N) is 3. The third kappa shape index (κ3) is 6.74. The molecule has 0 atom stereocenters. The topological polar surface area (TPSA) is 36.0 Å². The van der Waals surface area contributed by atoms with Crippen LogP contribution in [0.4, 0.5) is 41.2 Å². The summed E-state index contributed by atoms with van der Waals surface area (Å²) in [6.45, 7) is 3.26. The fourth-order valence-electron chi connectivity index (χ4n) is 5.47. The van der Waals surface area contributed by atoms with Crippen LogP contribution in [-0.2, 0) is 11.3 Å². The van der Waals surface area contributed by atoms with Crippen LogP contribution in [0.3, 0.4) is 0 Å². The predicted octanol–water partition coefficient (Wildman–Crippen LogP) is 6.20. The number of benzene rings is 1. The molecule has 1 spiro atoms. The molecule has 5 nitrogen and oxygen atoms in total. The number of rotatable bonds is 4. The molecule has 0 radical (unpaired) electrons. The van der Waals surface area contributed by atoms with Crippen molar-refractivity contribution in [1.29, 1.82) is 0 Å². The van der Waals surface area contributed by atoms with Gasteiger partial charge in [0.1, 0.15) is 6.17 Å². The number of carbonyl (C=O) groups excluding carboxylic acids is 1. The quantitative estimate of drug-likeness (QED) is 0.412. The van der Waals surface area contributed by atoms with Gasteiger partial charge in [0.25, 0.3) is 6.10 Å². The van der Waals surface area contributed by atoms with Crippen LogP contribution in [0.5, 0.6) is 0 Å². The average molecular weight is 560 g/mol. The lowest BCUT2D eigenvalue weighted by Gasteiger charge is -2.40. The average Bonchev–Trinajstić information content (AvgIpc) is 3.23. The molecule has 208 valence electrons. The van der Waals surface area contributed by atoms with Gasteiger partial charge >= 0.3 is 18.4 Å². The molecule has 1 amide bonds. The van der Waals surface area contributed by atoms with E-state index in [1.54, 1.807) is 0 Å². The largest absolute Gasteiger partial charge is 0.434 e. The summed E-state index contributed by atoms with van der Waals surface area (Å²) >= 11 is 6.23. The lowest BCUT2D eigenvalue weighted by atomic mass is 9.77. The van der Waals surface area contributed by atoms with Gasteiger partial charge in [0.05, 0.1) is 0 Å². The fraction of sp³-hybridized carbons (Fsp3) is 0.708. The van der Waals surface area contributed by atoms with Crippen LogP contribution in [0.2, 0.25) is 5.02 Å². The van der Waals surface area contributed by atoms with Gasteiger partial charge in [-0.15, -0.1) is 0 Å². The third-order valence-corrected chi connectivity index (χ3v) is 7.87. The van der Waals surface area contributed by atoms with E-state index in [2.05, 4.69) is 14.5 Å². The summed E-state index contributed by atoms with van der Waals surface area (Å²) < 4.78 is 94.1. The molecule has 0 aromatic heterocycles. The normalized spacial score (nSPS) is 21.8. The summed E-state index contributed by atoms with van der Waals surface area (Å²) in [5.41, 5.74) is 1.66. The summed E-state index contributed by atoms with van der Waals surface area (Å²) in [7, 11) is 0. The first-order valence-corrected chi connectivity index (χ1v) is 12.6. The first kappa shape index (κ1) is 28.1. The lowest BCUT2D eigenvalue weighted by Crippen LogP contribution is -2.48. The Balaban J connectivity index is 1.34. The second-order valence-electron chi connectivity index (χ2n) is 10.2. The molecular weight excluding hydrogens is 531 g/mol. The number of ether oxygens (including phenoxy) is 1. The Morgan fingerprint density at radius 1 is 1.00 bits per heavy atom. The zero-order valence-corrected chi connectivity index (χ0v) is 20.8. The fourth-order valence-corrected chi connectivity index (χ4v) is 5.64. The van der Waals surface area contributed by atoms with Gasteiger partial charge in [-0.05, 0) is 68.3 Å². The van der Waals surface area contributed by atoms with Crippen molar-refractivity contribution in [2.75, 3.05) is 44.2 Å². The van der Waals surface area contributed by atoms with Crippen LogP contribution in [0.15, 0.2) is 18.2 Å². The Morgan fingerprint density at radius 2 is 1.59 bits per heavy atom. The number of carbonyl (C=O) groups is 1. The van der Waals surface area contributed by atoms with Gasteiger partial charge in [0.15, 0.2) is 0 Å². The number of alkyl halides is 7. The second-order valence-corrected chi connectivity index (χ2v) is 10.7. The van der Waals surface area contributed by atoms with E-state index in [-0.39, 0.29) is 18.5 Å². The first-order valence-electron chi connectivity index (χ1n) is 12.2. The third-order valence-electron chi connectivity index (χ3n) is 7.63. The van der Waals surface area contributed by atoms with E-state index in [1.807, 2.05) is 18.2 Å². The lowest BCUT2D eigenvalue weighted by molar-refractivity contribution is -0.308. The molecule has 3 saturated heterocycles. The van der Waals surface area contributed by atoms with E-state index in [9.17, 15) is 35.5 Å². The molecule has 0 saturated carbocycles.